The summed E-state index contributed by atoms with van der Waals surface area (Å²) in [4.78, 5) is 3.87. The van der Waals surface area contributed by atoms with Gasteiger partial charge in [-0.05, 0) is 29.8 Å². The molecule has 1 aromatic carbocycles. The number of H-pyrrole nitrogens is 1. The third-order valence-corrected chi connectivity index (χ3v) is 2.21. The highest BCUT2D eigenvalue weighted by Crippen LogP contribution is 2.22. The van der Waals surface area contributed by atoms with Gasteiger partial charge in [-0.3, -0.25) is 0 Å². The summed E-state index contributed by atoms with van der Waals surface area (Å²) >= 11 is 8.73. The van der Waals surface area contributed by atoms with Crippen molar-refractivity contribution in [3.63, 3.8) is 0 Å². The zero-order valence-corrected chi connectivity index (χ0v) is 9.10. The standard InChI is InChI=1S/C8H4BrClFN3/c9-5-1-4(2-6(11)3-5)7-12-8(10)14-13-7/h1-3H,(H,12,13,14). The molecule has 2 aromatic rings. The van der Waals surface area contributed by atoms with Gasteiger partial charge in [0.2, 0.25) is 5.28 Å². The van der Waals surface area contributed by atoms with Gasteiger partial charge in [0.1, 0.15) is 5.82 Å². The molecule has 0 aliphatic heterocycles. The fourth-order valence-electron chi connectivity index (χ4n) is 1.05. The summed E-state index contributed by atoms with van der Waals surface area (Å²) in [6.07, 6.45) is 0. The highest BCUT2D eigenvalue weighted by Gasteiger charge is 2.06. The molecule has 0 spiro atoms. The maximum atomic E-state index is 13.0. The van der Waals surface area contributed by atoms with Crippen molar-refractivity contribution < 1.29 is 4.39 Å². The number of rotatable bonds is 1. The van der Waals surface area contributed by atoms with Crippen molar-refractivity contribution in [2.45, 2.75) is 0 Å². The minimum absolute atomic E-state index is 0.181. The van der Waals surface area contributed by atoms with Gasteiger partial charge in [0, 0.05) is 10.0 Å². The minimum atomic E-state index is -0.352. The lowest BCUT2D eigenvalue weighted by Crippen LogP contribution is -1.83. The molecule has 1 aromatic heterocycles. The third-order valence-electron chi connectivity index (χ3n) is 1.58. The molecule has 1 N–H and O–H groups in total. The van der Waals surface area contributed by atoms with Crippen LogP contribution in [0.5, 0.6) is 0 Å². The molecule has 14 heavy (non-hydrogen) atoms. The Hall–Kier alpha value is -0.940. The van der Waals surface area contributed by atoms with Crippen molar-refractivity contribution in [1.82, 2.24) is 15.2 Å². The molecule has 72 valence electrons. The molecule has 6 heteroatoms. The molecule has 0 unspecified atom stereocenters. The Kier molecular flexibility index (Phi) is 2.52. The molecule has 0 aliphatic rings. The molecule has 0 radical (unpaired) electrons. The summed E-state index contributed by atoms with van der Waals surface area (Å²) in [6.45, 7) is 0. The number of nitrogens with one attached hydrogen (secondary N) is 1. The predicted molar refractivity (Wildman–Crippen MR) is 54.5 cm³/mol. The Balaban J connectivity index is 2.51. The summed E-state index contributed by atoms with van der Waals surface area (Å²) < 4.78 is 13.6. The zero-order chi connectivity index (χ0) is 10.1. The predicted octanol–water partition coefficient (Wildman–Crippen LogP) is 3.03. The first kappa shape index (κ1) is 9.61. The van der Waals surface area contributed by atoms with Crippen LogP contribution in [0.4, 0.5) is 4.39 Å². The second-order valence-electron chi connectivity index (χ2n) is 2.61. The van der Waals surface area contributed by atoms with Crippen molar-refractivity contribution in [2.75, 3.05) is 0 Å². The van der Waals surface area contributed by atoms with Crippen LogP contribution in [-0.4, -0.2) is 15.2 Å². The molecular weight excluding hydrogens is 272 g/mol. The monoisotopic (exact) mass is 275 g/mol. The number of benzene rings is 1. The fourth-order valence-corrected chi connectivity index (χ4v) is 1.64. The smallest absolute Gasteiger partial charge is 0.218 e. The van der Waals surface area contributed by atoms with E-state index in [9.17, 15) is 4.39 Å². The number of nitrogens with zero attached hydrogens (tertiary/aromatic N) is 2. The summed E-state index contributed by atoms with van der Waals surface area (Å²) in [7, 11) is 0. The van der Waals surface area contributed by atoms with E-state index in [0.717, 1.165) is 0 Å². The van der Waals surface area contributed by atoms with E-state index in [4.69, 9.17) is 11.6 Å². The lowest BCUT2D eigenvalue weighted by molar-refractivity contribution is 0.627. The maximum absolute atomic E-state index is 13.0. The average molecular weight is 276 g/mol. The summed E-state index contributed by atoms with van der Waals surface area (Å²) in [5, 5.41) is 6.47. The first-order chi connectivity index (χ1) is 6.65. The fraction of sp³-hybridized carbons (Fsp3) is 0. The van der Waals surface area contributed by atoms with Gasteiger partial charge in [0.15, 0.2) is 5.82 Å². The number of halogens is 3. The van der Waals surface area contributed by atoms with Crippen LogP contribution < -0.4 is 0 Å². The van der Waals surface area contributed by atoms with Crippen molar-refractivity contribution in [1.29, 1.82) is 0 Å². The first-order valence-corrected chi connectivity index (χ1v) is 4.86. The lowest BCUT2D eigenvalue weighted by atomic mass is 10.2. The molecule has 0 bridgehead atoms. The molecule has 0 amide bonds. The molecule has 1 heterocycles. The van der Waals surface area contributed by atoms with Crippen molar-refractivity contribution in [3.05, 3.63) is 33.8 Å². The van der Waals surface area contributed by atoms with Crippen LogP contribution in [0.25, 0.3) is 11.4 Å². The van der Waals surface area contributed by atoms with Crippen LogP contribution >= 0.6 is 27.5 Å². The van der Waals surface area contributed by atoms with Crippen LogP contribution in [0.3, 0.4) is 0 Å². The average Bonchev–Trinajstić information content (AvgIpc) is 2.50. The van der Waals surface area contributed by atoms with E-state index in [2.05, 4.69) is 31.1 Å². The van der Waals surface area contributed by atoms with Gasteiger partial charge >= 0.3 is 0 Å². The molecule has 0 aliphatic carbocycles. The van der Waals surface area contributed by atoms with E-state index in [1.807, 2.05) is 0 Å². The van der Waals surface area contributed by atoms with Crippen LogP contribution in [0.1, 0.15) is 0 Å². The Morgan fingerprint density at radius 1 is 1.36 bits per heavy atom. The number of aromatic amines is 1. The Bertz CT molecular complexity index is 451. The number of hydrogen-bond donors (Lipinski definition) is 1. The molecule has 0 fully saturated rings. The quantitative estimate of drug-likeness (QED) is 0.870. The van der Waals surface area contributed by atoms with Crippen molar-refractivity contribution in [3.8, 4) is 11.4 Å². The highest BCUT2D eigenvalue weighted by molar-refractivity contribution is 9.10. The van der Waals surface area contributed by atoms with Gasteiger partial charge in [0.25, 0.3) is 0 Å². The van der Waals surface area contributed by atoms with Crippen molar-refractivity contribution >= 4 is 27.5 Å². The Morgan fingerprint density at radius 3 is 2.71 bits per heavy atom. The Labute approximate surface area is 92.4 Å². The van der Waals surface area contributed by atoms with Gasteiger partial charge in [0.05, 0.1) is 0 Å². The van der Waals surface area contributed by atoms with Crippen molar-refractivity contribution in [2.24, 2.45) is 0 Å². The molecule has 0 saturated heterocycles. The molecule has 2 rings (SSSR count). The summed E-state index contributed by atoms with van der Waals surface area (Å²) in [5.74, 6) is 0.0190. The molecular formula is C8H4BrClFN3. The first-order valence-electron chi connectivity index (χ1n) is 3.69. The molecule has 0 saturated carbocycles. The van der Waals surface area contributed by atoms with Crippen LogP contribution in [0, 0.1) is 5.82 Å². The van der Waals surface area contributed by atoms with E-state index >= 15 is 0 Å². The second-order valence-corrected chi connectivity index (χ2v) is 3.88. The van der Waals surface area contributed by atoms with Crippen LogP contribution in [0.15, 0.2) is 22.7 Å². The highest BCUT2D eigenvalue weighted by atomic mass is 79.9. The lowest BCUT2D eigenvalue weighted by Gasteiger charge is -1.96. The Morgan fingerprint density at radius 2 is 2.14 bits per heavy atom. The van der Waals surface area contributed by atoms with Gasteiger partial charge in [-0.15, -0.1) is 0 Å². The third kappa shape index (κ3) is 1.93. The number of hydrogen-bond acceptors (Lipinski definition) is 2. The van der Waals surface area contributed by atoms with Crippen LogP contribution in [-0.2, 0) is 0 Å². The normalized spacial score (nSPS) is 10.5. The van der Waals surface area contributed by atoms with Crippen LogP contribution in [0.2, 0.25) is 5.28 Å². The minimum Gasteiger partial charge on any atom is -0.249 e. The number of aromatic nitrogens is 3. The van der Waals surface area contributed by atoms with E-state index in [1.54, 1.807) is 6.07 Å². The van der Waals surface area contributed by atoms with E-state index in [0.29, 0.717) is 15.9 Å². The molecule has 0 atom stereocenters. The van der Waals surface area contributed by atoms with Gasteiger partial charge in [-0.25, -0.2) is 9.49 Å². The van der Waals surface area contributed by atoms with Gasteiger partial charge < -0.3 is 0 Å². The topological polar surface area (TPSA) is 41.6 Å². The van der Waals surface area contributed by atoms with Gasteiger partial charge in [-0.2, -0.15) is 10.1 Å². The summed E-state index contributed by atoms with van der Waals surface area (Å²) in [6, 6.07) is 4.41. The molecule has 3 nitrogen and oxygen atoms in total. The summed E-state index contributed by atoms with van der Waals surface area (Å²) in [5.41, 5.74) is 0.569. The van der Waals surface area contributed by atoms with E-state index in [1.165, 1.54) is 12.1 Å². The van der Waals surface area contributed by atoms with E-state index < -0.39 is 0 Å². The van der Waals surface area contributed by atoms with Gasteiger partial charge in [-0.1, -0.05) is 15.9 Å². The largest absolute Gasteiger partial charge is 0.249 e. The SMILES string of the molecule is Fc1cc(Br)cc(-c2n[nH]c(Cl)n2)c1. The maximum Gasteiger partial charge on any atom is 0.218 e. The zero-order valence-electron chi connectivity index (χ0n) is 6.76. The second kappa shape index (κ2) is 3.67. The van der Waals surface area contributed by atoms with E-state index in [-0.39, 0.29) is 11.1 Å².